The lowest BCUT2D eigenvalue weighted by Crippen LogP contribution is -2.36. The number of aliphatic hydroxyl groups excluding tert-OH is 1. The third-order valence-electron chi connectivity index (χ3n) is 4.12. The quantitative estimate of drug-likeness (QED) is 0.545. The van der Waals surface area contributed by atoms with Crippen LogP contribution in [0, 0.1) is 5.82 Å². The Hall–Kier alpha value is -1.31. The van der Waals surface area contributed by atoms with Gasteiger partial charge in [0.2, 0.25) is 5.78 Å². The maximum absolute atomic E-state index is 13.4. The van der Waals surface area contributed by atoms with Crippen LogP contribution in [0.5, 0.6) is 0 Å². The number of halogens is 2. The Labute approximate surface area is 149 Å². The van der Waals surface area contributed by atoms with Crippen molar-refractivity contribution in [3.63, 3.8) is 0 Å². The molecule has 2 N–H and O–H groups in total. The third-order valence-corrected chi connectivity index (χ3v) is 4.76. The molecule has 24 heavy (non-hydrogen) atoms. The van der Waals surface area contributed by atoms with E-state index in [4.69, 9.17) is 0 Å². The molecule has 0 spiro atoms. The molecular formula is C17H22BrFN2O3. The number of benzene rings is 1. The summed E-state index contributed by atoms with van der Waals surface area (Å²) in [5.74, 6) is -1.70. The monoisotopic (exact) mass is 400 g/mol. The number of carbonyl (C=O) groups is 2. The number of unbranched alkanes of at least 4 members (excludes halogenated alkanes) is 1. The summed E-state index contributed by atoms with van der Waals surface area (Å²) in [7, 11) is 0. The van der Waals surface area contributed by atoms with Crippen molar-refractivity contribution in [2.75, 3.05) is 25.0 Å². The van der Waals surface area contributed by atoms with Gasteiger partial charge in [-0.15, -0.1) is 0 Å². The summed E-state index contributed by atoms with van der Waals surface area (Å²) in [5, 5.41) is 11.9. The standard InChI is InChI=1S/C17H22BrFN2O3/c18-14-5-4-12(11-15(14)19)20-17(24)16(23)3-1-2-8-21-9-6-13(22)7-10-21/h4-5,11,13,22H,1-3,6-10H2,(H,20,24). The first-order chi connectivity index (χ1) is 11.5. The molecule has 0 bridgehead atoms. The molecule has 1 aromatic rings. The number of aliphatic hydroxyl groups is 1. The largest absolute Gasteiger partial charge is 0.393 e. The van der Waals surface area contributed by atoms with Crippen molar-refractivity contribution in [2.24, 2.45) is 0 Å². The number of likely N-dealkylation sites (tertiary alicyclic amines) is 1. The number of nitrogens with one attached hydrogen (secondary N) is 1. The highest BCUT2D eigenvalue weighted by atomic mass is 79.9. The van der Waals surface area contributed by atoms with Gasteiger partial charge in [0.1, 0.15) is 5.82 Å². The summed E-state index contributed by atoms with van der Waals surface area (Å²) in [4.78, 5) is 25.9. The number of hydrogen-bond donors (Lipinski definition) is 2. The highest BCUT2D eigenvalue weighted by Crippen LogP contribution is 2.19. The number of ketones is 1. The van der Waals surface area contributed by atoms with E-state index in [0.29, 0.717) is 10.9 Å². The van der Waals surface area contributed by atoms with Crippen molar-refractivity contribution in [3.8, 4) is 0 Å². The zero-order chi connectivity index (χ0) is 17.5. The minimum atomic E-state index is -0.710. The Morgan fingerprint density at radius 2 is 2.00 bits per heavy atom. The van der Waals surface area contributed by atoms with E-state index in [9.17, 15) is 19.1 Å². The molecule has 1 heterocycles. The van der Waals surface area contributed by atoms with Gasteiger partial charge in [-0.1, -0.05) is 0 Å². The molecule has 5 nitrogen and oxygen atoms in total. The highest BCUT2D eigenvalue weighted by molar-refractivity contribution is 9.10. The van der Waals surface area contributed by atoms with Crippen LogP contribution in [0.2, 0.25) is 0 Å². The second-order valence-electron chi connectivity index (χ2n) is 6.04. The molecule has 132 valence electrons. The first-order valence-corrected chi connectivity index (χ1v) is 8.94. The van der Waals surface area contributed by atoms with Crippen molar-refractivity contribution in [1.82, 2.24) is 4.90 Å². The van der Waals surface area contributed by atoms with E-state index in [2.05, 4.69) is 26.1 Å². The van der Waals surface area contributed by atoms with Gasteiger partial charge in [-0.25, -0.2) is 4.39 Å². The average molecular weight is 401 g/mol. The maximum atomic E-state index is 13.4. The Balaban J connectivity index is 1.66. The topological polar surface area (TPSA) is 69.6 Å². The molecule has 1 aliphatic rings. The van der Waals surface area contributed by atoms with E-state index in [1.54, 1.807) is 0 Å². The van der Waals surface area contributed by atoms with E-state index < -0.39 is 17.5 Å². The SMILES string of the molecule is O=C(CCCCN1CCC(O)CC1)C(=O)Nc1ccc(Br)c(F)c1. The lowest BCUT2D eigenvalue weighted by molar-refractivity contribution is -0.134. The number of piperidine rings is 1. The number of hydrogen-bond acceptors (Lipinski definition) is 4. The van der Waals surface area contributed by atoms with E-state index in [0.717, 1.165) is 38.9 Å². The van der Waals surface area contributed by atoms with Crippen molar-refractivity contribution in [2.45, 2.75) is 38.2 Å². The number of Topliss-reactive ketones (excluding diaryl/α,β-unsaturated/α-hetero) is 1. The summed E-state index contributed by atoms with van der Waals surface area (Å²) in [6.45, 7) is 2.63. The van der Waals surface area contributed by atoms with Gasteiger partial charge in [0, 0.05) is 25.2 Å². The van der Waals surface area contributed by atoms with Crippen LogP contribution in [0.1, 0.15) is 32.1 Å². The third kappa shape index (κ3) is 5.96. The van der Waals surface area contributed by atoms with Crippen LogP contribution in [0.4, 0.5) is 10.1 Å². The van der Waals surface area contributed by atoms with Gasteiger partial charge < -0.3 is 15.3 Å². The van der Waals surface area contributed by atoms with Gasteiger partial charge in [0.15, 0.2) is 0 Å². The molecule has 1 fully saturated rings. The molecule has 0 atom stereocenters. The fourth-order valence-electron chi connectivity index (χ4n) is 2.65. The maximum Gasteiger partial charge on any atom is 0.291 e. The van der Waals surface area contributed by atoms with Gasteiger partial charge in [-0.3, -0.25) is 9.59 Å². The molecule has 7 heteroatoms. The molecule has 0 saturated carbocycles. The summed E-state index contributed by atoms with van der Waals surface area (Å²) < 4.78 is 13.7. The Kier molecular flexibility index (Phi) is 7.33. The summed E-state index contributed by atoms with van der Waals surface area (Å²) in [6, 6.07) is 4.17. The predicted octanol–water partition coefficient (Wildman–Crippen LogP) is 2.72. The van der Waals surface area contributed by atoms with E-state index in [1.165, 1.54) is 18.2 Å². The summed E-state index contributed by atoms with van der Waals surface area (Å²) >= 11 is 3.03. The molecule has 0 unspecified atom stereocenters. The van der Waals surface area contributed by atoms with Crippen molar-refractivity contribution in [3.05, 3.63) is 28.5 Å². The Bertz CT molecular complexity index is 589. The zero-order valence-electron chi connectivity index (χ0n) is 13.4. The van der Waals surface area contributed by atoms with Gasteiger partial charge in [-0.2, -0.15) is 0 Å². The van der Waals surface area contributed by atoms with Gasteiger partial charge in [0.25, 0.3) is 5.91 Å². The van der Waals surface area contributed by atoms with Gasteiger partial charge >= 0.3 is 0 Å². The molecule has 0 aliphatic carbocycles. The fraction of sp³-hybridized carbons (Fsp3) is 0.529. The van der Waals surface area contributed by atoms with Crippen molar-refractivity contribution >= 4 is 33.3 Å². The average Bonchev–Trinajstić information content (AvgIpc) is 2.56. The van der Waals surface area contributed by atoms with E-state index in [-0.39, 0.29) is 18.2 Å². The highest BCUT2D eigenvalue weighted by Gasteiger charge is 2.17. The van der Waals surface area contributed by atoms with Crippen LogP contribution in [0.15, 0.2) is 22.7 Å². The molecular weight excluding hydrogens is 379 g/mol. The summed E-state index contributed by atoms with van der Waals surface area (Å²) in [6.07, 6.45) is 3.06. The van der Waals surface area contributed by atoms with Crippen LogP contribution in [-0.4, -0.2) is 47.4 Å². The first-order valence-electron chi connectivity index (χ1n) is 8.15. The van der Waals surface area contributed by atoms with Gasteiger partial charge in [-0.05, 0) is 66.4 Å². The Morgan fingerprint density at radius 1 is 1.29 bits per heavy atom. The second-order valence-corrected chi connectivity index (χ2v) is 6.89. The minimum Gasteiger partial charge on any atom is -0.393 e. The number of nitrogens with zero attached hydrogens (tertiary/aromatic N) is 1. The molecule has 1 aromatic carbocycles. The number of rotatable bonds is 7. The van der Waals surface area contributed by atoms with Crippen LogP contribution < -0.4 is 5.32 Å². The lowest BCUT2D eigenvalue weighted by Gasteiger charge is -2.29. The predicted molar refractivity (Wildman–Crippen MR) is 93.3 cm³/mol. The molecule has 1 saturated heterocycles. The van der Waals surface area contributed by atoms with Crippen LogP contribution in [-0.2, 0) is 9.59 Å². The van der Waals surface area contributed by atoms with Crippen LogP contribution in [0.3, 0.4) is 0 Å². The lowest BCUT2D eigenvalue weighted by atomic mass is 10.1. The van der Waals surface area contributed by atoms with E-state index in [1.807, 2.05) is 0 Å². The number of anilines is 1. The normalized spacial score (nSPS) is 16.1. The zero-order valence-corrected chi connectivity index (χ0v) is 15.0. The number of amides is 1. The second kappa shape index (κ2) is 9.25. The molecule has 2 rings (SSSR count). The minimum absolute atomic E-state index is 0.182. The number of carbonyl (C=O) groups excluding carboxylic acids is 2. The smallest absolute Gasteiger partial charge is 0.291 e. The first kappa shape index (κ1) is 19.0. The summed E-state index contributed by atoms with van der Waals surface area (Å²) in [5.41, 5.74) is 0.265. The van der Waals surface area contributed by atoms with Gasteiger partial charge in [0.05, 0.1) is 10.6 Å². The van der Waals surface area contributed by atoms with Crippen LogP contribution in [0.25, 0.3) is 0 Å². The molecule has 1 amide bonds. The van der Waals surface area contributed by atoms with Crippen molar-refractivity contribution in [1.29, 1.82) is 0 Å². The van der Waals surface area contributed by atoms with E-state index >= 15 is 0 Å². The molecule has 1 aliphatic heterocycles. The Morgan fingerprint density at radius 3 is 2.67 bits per heavy atom. The molecule has 0 aromatic heterocycles. The molecule has 0 radical (unpaired) electrons. The van der Waals surface area contributed by atoms with Crippen molar-refractivity contribution < 1.29 is 19.1 Å². The fourth-order valence-corrected chi connectivity index (χ4v) is 2.90. The van der Waals surface area contributed by atoms with Crippen LogP contribution >= 0.6 is 15.9 Å².